The van der Waals surface area contributed by atoms with Gasteiger partial charge in [0.15, 0.2) is 0 Å². The molecule has 2 aromatic carbocycles. The van der Waals surface area contributed by atoms with Crippen LogP contribution in [0.25, 0.3) is 0 Å². The van der Waals surface area contributed by atoms with E-state index in [4.69, 9.17) is 0 Å². The minimum Gasteiger partial charge on any atom is -0.376 e. The van der Waals surface area contributed by atoms with Gasteiger partial charge in [0.2, 0.25) is 0 Å². The van der Waals surface area contributed by atoms with Crippen LogP contribution in [0.15, 0.2) is 54.6 Å². The Morgan fingerprint density at radius 1 is 0.765 bits per heavy atom. The van der Waals surface area contributed by atoms with Crippen molar-refractivity contribution >= 4 is 17.1 Å². The maximum atomic E-state index is 3.22. The van der Waals surface area contributed by atoms with Crippen LogP contribution >= 0.6 is 0 Å². The number of hydrogen-bond donors (Lipinski definition) is 2. The summed E-state index contributed by atoms with van der Waals surface area (Å²) in [5.41, 5.74) is 9.65. The number of rotatable bonds is 4. The van der Waals surface area contributed by atoms with Gasteiger partial charge in [0.1, 0.15) is 0 Å². The molecule has 17 heavy (non-hydrogen) atoms. The van der Waals surface area contributed by atoms with Crippen molar-refractivity contribution in [2.45, 2.75) is 0 Å². The normalized spacial score (nSPS) is 9.76. The van der Waals surface area contributed by atoms with Gasteiger partial charge >= 0.3 is 0 Å². The van der Waals surface area contributed by atoms with E-state index in [-0.39, 0.29) is 0 Å². The van der Waals surface area contributed by atoms with E-state index in [2.05, 4.69) is 21.8 Å². The molecule has 0 aliphatic heterocycles. The molecule has 0 radical (unpaired) electrons. The summed E-state index contributed by atoms with van der Waals surface area (Å²) < 4.78 is 0. The smallest absolute Gasteiger partial charge is 0.0773 e. The summed E-state index contributed by atoms with van der Waals surface area (Å²) >= 11 is 0. The molecule has 0 unspecified atom stereocenters. The van der Waals surface area contributed by atoms with E-state index in [1.165, 1.54) is 0 Å². The minimum absolute atomic E-state index is 1.04. The van der Waals surface area contributed by atoms with E-state index < -0.39 is 0 Å². The van der Waals surface area contributed by atoms with Gasteiger partial charge in [-0.05, 0) is 24.3 Å². The molecular formula is C14H17N3. The first-order valence-corrected chi connectivity index (χ1v) is 5.61. The zero-order valence-electron chi connectivity index (χ0n) is 10.1. The van der Waals surface area contributed by atoms with Crippen molar-refractivity contribution in [3.63, 3.8) is 0 Å². The second-order valence-electron chi connectivity index (χ2n) is 4.03. The third-order valence-electron chi connectivity index (χ3n) is 2.50. The fraction of sp³-hybridized carbons (Fsp3) is 0.143. The van der Waals surface area contributed by atoms with Crippen molar-refractivity contribution in [1.82, 2.24) is 0 Å². The Kier molecular flexibility index (Phi) is 3.50. The summed E-state index contributed by atoms with van der Waals surface area (Å²) in [4.78, 5) is 2.08. The van der Waals surface area contributed by atoms with Crippen LogP contribution in [0.5, 0.6) is 0 Å². The molecule has 3 nitrogen and oxygen atoms in total. The quantitative estimate of drug-likeness (QED) is 0.785. The molecule has 0 heterocycles. The first-order chi connectivity index (χ1) is 8.27. The largest absolute Gasteiger partial charge is 0.376 e. The second-order valence-corrected chi connectivity index (χ2v) is 4.03. The Labute approximate surface area is 102 Å². The minimum atomic E-state index is 1.04. The Balaban J connectivity index is 2.09. The summed E-state index contributed by atoms with van der Waals surface area (Å²) in [6.45, 7) is 0. The summed E-state index contributed by atoms with van der Waals surface area (Å²) in [5, 5.41) is 0. The fourth-order valence-electron chi connectivity index (χ4n) is 1.63. The van der Waals surface area contributed by atoms with Crippen LogP contribution in [0.2, 0.25) is 0 Å². The highest BCUT2D eigenvalue weighted by molar-refractivity contribution is 5.70. The van der Waals surface area contributed by atoms with Crippen LogP contribution in [0.3, 0.4) is 0 Å². The predicted molar refractivity (Wildman–Crippen MR) is 74.5 cm³/mol. The van der Waals surface area contributed by atoms with Crippen molar-refractivity contribution in [3.8, 4) is 0 Å². The maximum Gasteiger partial charge on any atom is 0.0773 e. The molecule has 2 aromatic rings. The fourth-order valence-corrected chi connectivity index (χ4v) is 1.63. The highest BCUT2D eigenvalue weighted by atomic mass is 15.4. The number of hydrogen-bond acceptors (Lipinski definition) is 3. The molecule has 0 fully saturated rings. The molecule has 0 saturated carbocycles. The van der Waals surface area contributed by atoms with E-state index >= 15 is 0 Å². The lowest BCUT2D eigenvalue weighted by molar-refractivity contribution is 1.13. The van der Waals surface area contributed by atoms with E-state index in [1.807, 2.05) is 62.6 Å². The predicted octanol–water partition coefficient (Wildman–Crippen LogP) is 3.19. The van der Waals surface area contributed by atoms with Crippen LogP contribution in [-0.4, -0.2) is 14.1 Å². The molecular weight excluding hydrogens is 210 g/mol. The van der Waals surface area contributed by atoms with E-state index in [0.29, 0.717) is 0 Å². The van der Waals surface area contributed by atoms with Crippen molar-refractivity contribution in [1.29, 1.82) is 0 Å². The average molecular weight is 227 g/mol. The first-order valence-electron chi connectivity index (χ1n) is 5.61. The zero-order chi connectivity index (χ0) is 12.1. The Morgan fingerprint density at radius 3 is 2.12 bits per heavy atom. The van der Waals surface area contributed by atoms with Crippen LogP contribution in [0.1, 0.15) is 0 Å². The van der Waals surface area contributed by atoms with Crippen molar-refractivity contribution in [2.75, 3.05) is 29.8 Å². The van der Waals surface area contributed by atoms with Gasteiger partial charge in [-0.25, -0.2) is 0 Å². The zero-order valence-corrected chi connectivity index (χ0v) is 10.1. The molecule has 0 aliphatic rings. The summed E-state index contributed by atoms with van der Waals surface area (Å²) in [7, 11) is 4.06. The van der Waals surface area contributed by atoms with Crippen molar-refractivity contribution < 1.29 is 0 Å². The van der Waals surface area contributed by atoms with Gasteiger partial charge in [0.05, 0.1) is 17.1 Å². The Hall–Kier alpha value is -2.16. The van der Waals surface area contributed by atoms with E-state index in [1.54, 1.807) is 0 Å². The maximum absolute atomic E-state index is 3.22. The highest BCUT2D eigenvalue weighted by Gasteiger charge is 2.01. The van der Waals surface area contributed by atoms with Crippen LogP contribution in [0, 0.1) is 0 Å². The summed E-state index contributed by atoms with van der Waals surface area (Å²) in [5.74, 6) is 0. The molecule has 0 atom stereocenters. The van der Waals surface area contributed by atoms with Crippen LogP contribution < -0.4 is 15.8 Å². The third-order valence-corrected chi connectivity index (χ3v) is 2.50. The molecule has 88 valence electrons. The van der Waals surface area contributed by atoms with E-state index in [0.717, 1.165) is 17.1 Å². The molecule has 0 spiro atoms. The number of nitrogens with zero attached hydrogens (tertiary/aromatic N) is 1. The first kappa shape index (κ1) is 11.3. The van der Waals surface area contributed by atoms with Crippen molar-refractivity contribution in [3.05, 3.63) is 54.6 Å². The standard InChI is InChI=1S/C14H17N3/c1-17(2)14-11-7-6-10-13(14)16-15-12-8-4-3-5-9-12/h3-11,15-16H,1-2H3. The lowest BCUT2D eigenvalue weighted by Crippen LogP contribution is -2.15. The third kappa shape index (κ3) is 2.91. The van der Waals surface area contributed by atoms with Gasteiger partial charge in [-0.15, -0.1) is 0 Å². The monoisotopic (exact) mass is 227 g/mol. The molecule has 0 bridgehead atoms. The Morgan fingerprint density at radius 2 is 1.41 bits per heavy atom. The molecule has 2 rings (SSSR count). The molecule has 0 aromatic heterocycles. The molecule has 2 N–H and O–H groups in total. The molecule has 0 aliphatic carbocycles. The van der Waals surface area contributed by atoms with Crippen molar-refractivity contribution in [2.24, 2.45) is 0 Å². The number of benzene rings is 2. The van der Waals surface area contributed by atoms with E-state index in [9.17, 15) is 0 Å². The SMILES string of the molecule is CN(C)c1ccccc1NNc1ccccc1. The topological polar surface area (TPSA) is 27.3 Å². The molecule has 0 saturated heterocycles. The summed E-state index contributed by atoms with van der Waals surface area (Å²) in [6, 6.07) is 18.2. The van der Waals surface area contributed by atoms with Crippen LogP contribution in [-0.2, 0) is 0 Å². The van der Waals surface area contributed by atoms with Gasteiger partial charge in [-0.3, -0.25) is 5.43 Å². The lowest BCUT2D eigenvalue weighted by atomic mass is 10.2. The van der Waals surface area contributed by atoms with Crippen LogP contribution in [0.4, 0.5) is 17.1 Å². The number of para-hydroxylation sites is 3. The van der Waals surface area contributed by atoms with Gasteiger partial charge in [-0.1, -0.05) is 30.3 Å². The number of nitrogens with one attached hydrogen (secondary N) is 2. The average Bonchev–Trinajstić information content (AvgIpc) is 2.38. The highest BCUT2D eigenvalue weighted by Crippen LogP contribution is 2.23. The summed E-state index contributed by atoms with van der Waals surface area (Å²) in [6.07, 6.45) is 0. The Bertz CT molecular complexity index is 466. The molecule has 3 heteroatoms. The second kappa shape index (κ2) is 5.25. The molecule has 0 amide bonds. The lowest BCUT2D eigenvalue weighted by Gasteiger charge is -2.19. The number of hydrazine groups is 1. The van der Waals surface area contributed by atoms with Gasteiger partial charge in [0, 0.05) is 14.1 Å². The van der Waals surface area contributed by atoms with Gasteiger partial charge in [-0.2, -0.15) is 0 Å². The van der Waals surface area contributed by atoms with Gasteiger partial charge in [0.25, 0.3) is 0 Å². The van der Waals surface area contributed by atoms with Gasteiger partial charge < -0.3 is 10.3 Å². The number of anilines is 3.